The lowest BCUT2D eigenvalue weighted by atomic mass is 9.52. The van der Waals surface area contributed by atoms with Gasteiger partial charge in [0, 0.05) is 12.8 Å². The van der Waals surface area contributed by atoms with Crippen LogP contribution in [0.25, 0.3) is 0 Å². The number of aliphatic hydroxyl groups excluding tert-OH is 1. The lowest BCUT2D eigenvalue weighted by molar-refractivity contribution is -0.158. The molecule has 0 amide bonds. The van der Waals surface area contributed by atoms with Crippen LogP contribution in [0.5, 0.6) is 0 Å². The first-order chi connectivity index (χ1) is 11.8. The minimum absolute atomic E-state index is 0.0541. The summed E-state index contributed by atoms with van der Waals surface area (Å²) < 4.78 is 10.3. The molecule has 4 rings (SSSR count). The summed E-state index contributed by atoms with van der Waals surface area (Å²) >= 11 is 0. The van der Waals surface area contributed by atoms with E-state index in [9.17, 15) is 19.5 Å². The fourth-order valence-corrected chi connectivity index (χ4v) is 5.34. The molecule has 2 aliphatic heterocycles. The Morgan fingerprint density at radius 3 is 2.64 bits per heavy atom. The maximum Gasteiger partial charge on any atom is 0.340 e. The molecule has 25 heavy (non-hydrogen) atoms. The van der Waals surface area contributed by atoms with E-state index in [-0.39, 0.29) is 35.1 Å². The van der Waals surface area contributed by atoms with Gasteiger partial charge in [-0.3, -0.25) is 9.59 Å². The van der Waals surface area contributed by atoms with E-state index in [1.54, 1.807) is 6.08 Å². The summed E-state index contributed by atoms with van der Waals surface area (Å²) in [5, 5.41) is 9.49. The Labute approximate surface area is 145 Å². The molecule has 4 aliphatic rings. The number of hydrogen-bond acceptors (Lipinski definition) is 6. The first-order valence-electron chi connectivity index (χ1n) is 8.86. The SMILES string of the molecule is CC1=CC(=O)C[C@H]2[C@H]1CC[C@@H](C)[C@]21C[C@H](C2=C[C@@H](O)OC2=O)OC1=O. The lowest BCUT2D eigenvalue weighted by Gasteiger charge is -2.49. The van der Waals surface area contributed by atoms with Crippen LogP contribution in [0, 0.1) is 23.2 Å². The van der Waals surface area contributed by atoms with Gasteiger partial charge in [0.1, 0.15) is 6.10 Å². The Balaban J connectivity index is 1.71. The predicted octanol–water partition coefficient (Wildman–Crippen LogP) is 1.67. The number of fused-ring (bicyclic) bond motifs is 2. The summed E-state index contributed by atoms with van der Waals surface area (Å²) in [6, 6.07) is 0. The van der Waals surface area contributed by atoms with Crippen LogP contribution < -0.4 is 0 Å². The third-order valence-electron chi connectivity index (χ3n) is 6.62. The Bertz CT molecular complexity index is 719. The van der Waals surface area contributed by atoms with Crippen LogP contribution in [0.3, 0.4) is 0 Å². The van der Waals surface area contributed by atoms with Gasteiger partial charge in [-0.25, -0.2) is 4.79 Å². The average molecular weight is 346 g/mol. The van der Waals surface area contributed by atoms with Crippen molar-refractivity contribution in [2.24, 2.45) is 23.2 Å². The van der Waals surface area contributed by atoms with E-state index in [0.29, 0.717) is 12.8 Å². The molecule has 1 N–H and O–H groups in total. The number of esters is 2. The van der Waals surface area contributed by atoms with Crippen molar-refractivity contribution in [1.29, 1.82) is 0 Å². The maximum atomic E-state index is 13.0. The average Bonchev–Trinajstić information content (AvgIpc) is 3.04. The molecule has 0 aromatic carbocycles. The van der Waals surface area contributed by atoms with E-state index in [1.807, 2.05) is 13.8 Å². The zero-order valence-electron chi connectivity index (χ0n) is 14.4. The molecule has 2 heterocycles. The summed E-state index contributed by atoms with van der Waals surface area (Å²) in [5.41, 5.74) is 0.494. The Morgan fingerprint density at radius 1 is 1.20 bits per heavy atom. The molecule has 0 bridgehead atoms. The molecule has 6 atom stereocenters. The van der Waals surface area contributed by atoms with Crippen LogP contribution in [0.1, 0.15) is 39.5 Å². The molecular formula is C19H22O6. The second kappa shape index (κ2) is 5.53. The van der Waals surface area contributed by atoms with Crippen molar-refractivity contribution in [3.05, 3.63) is 23.3 Å². The molecule has 2 aliphatic carbocycles. The first-order valence-corrected chi connectivity index (χ1v) is 8.86. The summed E-state index contributed by atoms with van der Waals surface area (Å²) in [4.78, 5) is 37.1. The second-order valence-electron chi connectivity index (χ2n) is 7.81. The maximum absolute atomic E-state index is 13.0. The lowest BCUT2D eigenvalue weighted by Crippen LogP contribution is -2.50. The van der Waals surface area contributed by atoms with Crippen molar-refractivity contribution in [1.82, 2.24) is 0 Å². The molecule has 0 unspecified atom stereocenters. The predicted molar refractivity (Wildman–Crippen MR) is 85.9 cm³/mol. The third kappa shape index (κ3) is 2.30. The van der Waals surface area contributed by atoms with Crippen LogP contribution in [0.15, 0.2) is 23.3 Å². The molecule has 6 heteroatoms. The van der Waals surface area contributed by atoms with Gasteiger partial charge in [0.05, 0.1) is 11.0 Å². The molecular weight excluding hydrogens is 324 g/mol. The normalized spacial score (nSPS) is 43.5. The highest BCUT2D eigenvalue weighted by Gasteiger charge is 2.62. The third-order valence-corrected chi connectivity index (χ3v) is 6.62. The van der Waals surface area contributed by atoms with Crippen LogP contribution >= 0.6 is 0 Å². The van der Waals surface area contributed by atoms with Gasteiger partial charge in [0.2, 0.25) is 6.29 Å². The summed E-state index contributed by atoms with van der Waals surface area (Å²) in [5.74, 6) is -0.716. The van der Waals surface area contributed by atoms with Crippen LogP contribution in [-0.4, -0.2) is 35.2 Å². The zero-order valence-corrected chi connectivity index (χ0v) is 14.4. The second-order valence-corrected chi connectivity index (χ2v) is 7.81. The standard InChI is InChI=1S/C19H22O6/c1-9-5-11(20)6-14-12(9)4-3-10(2)19(14)8-15(24-18(19)23)13-7-16(21)25-17(13)22/h5,7,10,12,14-16,21H,3-4,6,8H2,1-2H3/t10-,12+,14+,15-,16+,19-/m1/s1. The van der Waals surface area contributed by atoms with Gasteiger partial charge in [-0.2, -0.15) is 0 Å². The van der Waals surface area contributed by atoms with E-state index in [0.717, 1.165) is 18.4 Å². The van der Waals surface area contributed by atoms with Gasteiger partial charge in [-0.1, -0.05) is 12.5 Å². The summed E-state index contributed by atoms with van der Waals surface area (Å²) in [6.07, 6.45) is 3.58. The molecule has 1 saturated heterocycles. The molecule has 6 nitrogen and oxygen atoms in total. The van der Waals surface area contributed by atoms with Crippen molar-refractivity contribution in [2.45, 2.75) is 51.9 Å². The Morgan fingerprint density at radius 2 is 1.96 bits per heavy atom. The molecule has 0 radical (unpaired) electrons. The number of cyclic esters (lactones) is 2. The molecule has 2 fully saturated rings. The molecule has 0 aromatic rings. The monoisotopic (exact) mass is 346 g/mol. The molecule has 134 valence electrons. The van der Waals surface area contributed by atoms with E-state index < -0.39 is 23.8 Å². The highest BCUT2D eigenvalue weighted by atomic mass is 16.6. The number of carbonyl (C=O) groups is 3. The minimum Gasteiger partial charge on any atom is -0.457 e. The molecule has 1 spiro atoms. The van der Waals surface area contributed by atoms with Crippen LogP contribution in [-0.2, 0) is 23.9 Å². The smallest absolute Gasteiger partial charge is 0.340 e. The quantitative estimate of drug-likeness (QED) is 0.727. The van der Waals surface area contributed by atoms with E-state index in [4.69, 9.17) is 9.47 Å². The Kier molecular flexibility index (Phi) is 3.65. The molecule has 1 saturated carbocycles. The topological polar surface area (TPSA) is 89.9 Å². The van der Waals surface area contributed by atoms with E-state index in [1.165, 1.54) is 6.08 Å². The highest BCUT2D eigenvalue weighted by molar-refractivity contribution is 5.95. The van der Waals surface area contributed by atoms with E-state index >= 15 is 0 Å². The van der Waals surface area contributed by atoms with Crippen LogP contribution in [0.2, 0.25) is 0 Å². The molecule has 0 aromatic heterocycles. The summed E-state index contributed by atoms with van der Waals surface area (Å²) in [6.45, 7) is 4.00. The minimum atomic E-state index is -1.28. The number of rotatable bonds is 1. The van der Waals surface area contributed by atoms with Gasteiger partial charge in [-0.15, -0.1) is 0 Å². The number of aliphatic hydroxyl groups is 1. The van der Waals surface area contributed by atoms with Crippen molar-refractivity contribution in [2.75, 3.05) is 0 Å². The van der Waals surface area contributed by atoms with Crippen molar-refractivity contribution < 1.29 is 29.0 Å². The largest absolute Gasteiger partial charge is 0.457 e. The first kappa shape index (κ1) is 16.5. The Hall–Kier alpha value is -1.95. The number of ether oxygens (including phenoxy) is 2. The van der Waals surface area contributed by atoms with Crippen LogP contribution in [0.4, 0.5) is 0 Å². The fourth-order valence-electron chi connectivity index (χ4n) is 5.34. The van der Waals surface area contributed by atoms with Gasteiger partial charge in [0.15, 0.2) is 5.78 Å². The number of carbonyl (C=O) groups excluding carboxylic acids is 3. The van der Waals surface area contributed by atoms with Crippen molar-refractivity contribution in [3.63, 3.8) is 0 Å². The fraction of sp³-hybridized carbons (Fsp3) is 0.632. The highest BCUT2D eigenvalue weighted by Crippen LogP contribution is 2.59. The number of hydrogen-bond donors (Lipinski definition) is 1. The number of ketones is 1. The van der Waals surface area contributed by atoms with Crippen molar-refractivity contribution in [3.8, 4) is 0 Å². The van der Waals surface area contributed by atoms with Gasteiger partial charge >= 0.3 is 11.9 Å². The van der Waals surface area contributed by atoms with Gasteiger partial charge < -0.3 is 14.6 Å². The van der Waals surface area contributed by atoms with E-state index in [2.05, 4.69) is 0 Å². The van der Waals surface area contributed by atoms with Gasteiger partial charge in [0.25, 0.3) is 0 Å². The zero-order chi connectivity index (χ0) is 17.9. The summed E-state index contributed by atoms with van der Waals surface area (Å²) in [7, 11) is 0. The number of allylic oxidation sites excluding steroid dienone is 2. The van der Waals surface area contributed by atoms with Crippen molar-refractivity contribution >= 4 is 17.7 Å². The van der Waals surface area contributed by atoms with Gasteiger partial charge in [-0.05, 0) is 49.7 Å².